The molecule has 0 bridgehead atoms. The third-order valence-electron chi connectivity index (χ3n) is 3.03. The van der Waals surface area contributed by atoms with E-state index in [1.165, 1.54) is 4.88 Å². The SMILES string of the molecule is CCCOc1ccc(-c2nc(C(C)C)c(CN)s2)cc1. The van der Waals surface area contributed by atoms with Gasteiger partial charge in [0.05, 0.1) is 12.3 Å². The number of benzene rings is 1. The van der Waals surface area contributed by atoms with Crippen molar-refractivity contribution in [3.05, 3.63) is 34.8 Å². The Morgan fingerprint density at radius 1 is 1.25 bits per heavy atom. The van der Waals surface area contributed by atoms with Crippen molar-refractivity contribution in [3.63, 3.8) is 0 Å². The molecule has 1 aromatic carbocycles. The van der Waals surface area contributed by atoms with Crippen LogP contribution in [-0.4, -0.2) is 11.6 Å². The summed E-state index contributed by atoms with van der Waals surface area (Å²) in [6.45, 7) is 7.72. The number of hydrogen-bond acceptors (Lipinski definition) is 4. The van der Waals surface area contributed by atoms with E-state index in [0.29, 0.717) is 12.5 Å². The normalized spacial score (nSPS) is 11.1. The summed E-state index contributed by atoms with van der Waals surface area (Å²) in [5, 5.41) is 1.04. The predicted octanol–water partition coefficient (Wildman–Crippen LogP) is 4.18. The van der Waals surface area contributed by atoms with Gasteiger partial charge >= 0.3 is 0 Å². The molecule has 20 heavy (non-hydrogen) atoms. The predicted molar refractivity (Wildman–Crippen MR) is 85.3 cm³/mol. The lowest BCUT2D eigenvalue weighted by atomic mass is 10.1. The molecule has 2 aromatic rings. The zero-order valence-corrected chi connectivity index (χ0v) is 13.2. The van der Waals surface area contributed by atoms with Gasteiger partial charge in [-0.1, -0.05) is 20.8 Å². The van der Waals surface area contributed by atoms with Crippen LogP contribution in [-0.2, 0) is 6.54 Å². The van der Waals surface area contributed by atoms with Crippen LogP contribution in [0.2, 0.25) is 0 Å². The lowest BCUT2D eigenvalue weighted by molar-refractivity contribution is 0.317. The Morgan fingerprint density at radius 2 is 1.95 bits per heavy atom. The molecule has 0 fully saturated rings. The molecular formula is C16H22N2OS. The molecule has 3 nitrogen and oxygen atoms in total. The van der Waals surface area contributed by atoms with E-state index in [0.717, 1.165) is 35.0 Å². The second kappa shape index (κ2) is 6.86. The monoisotopic (exact) mass is 290 g/mol. The van der Waals surface area contributed by atoms with Crippen LogP contribution in [0.15, 0.2) is 24.3 Å². The quantitative estimate of drug-likeness (QED) is 0.868. The minimum Gasteiger partial charge on any atom is -0.494 e. The van der Waals surface area contributed by atoms with Gasteiger partial charge in [-0.3, -0.25) is 0 Å². The van der Waals surface area contributed by atoms with E-state index in [-0.39, 0.29) is 0 Å². The molecule has 1 aromatic heterocycles. The molecule has 0 saturated carbocycles. The van der Waals surface area contributed by atoms with Crippen molar-refractivity contribution in [3.8, 4) is 16.3 Å². The summed E-state index contributed by atoms with van der Waals surface area (Å²) < 4.78 is 5.60. The Bertz CT molecular complexity index is 546. The molecule has 0 radical (unpaired) electrons. The Balaban J connectivity index is 2.23. The Labute approximate surface area is 124 Å². The molecule has 4 heteroatoms. The van der Waals surface area contributed by atoms with Gasteiger partial charge in [-0.15, -0.1) is 11.3 Å². The fraction of sp³-hybridized carbons (Fsp3) is 0.438. The fourth-order valence-electron chi connectivity index (χ4n) is 2.00. The minimum atomic E-state index is 0.408. The maximum atomic E-state index is 5.81. The molecule has 0 amide bonds. The first kappa shape index (κ1) is 15.0. The van der Waals surface area contributed by atoms with Crippen LogP contribution in [0.25, 0.3) is 10.6 Å². The van der Waals surface area contributed by atoms with Gasteiger partial charge in [0.25, 0.3) is 0 Å². The lowest BCUT2D eigenvalue weighted by Gasteiger charge is -2.04. The van der Waals surface area contributed by atoms with Crippen molar-refractivity contribution >= 4 is 11.3 Å². The molecule has 0 unspecified atom stereocenters. The van der Waals surface area contributed by atoms with E-state index in [1.54, 1.807) is 11.3 Å². The van der Waals surface area contributed by atoms with Crippen LogP contribution < -0.4 is 10.5 Å². The molecule has 0 aliphatic carbocycles. The van der Waals surface area contributed by atoms with Crippen LogP contribution in [0.3, 0.4) is 0 Å². The molecule has 108 valence electrons. The third-order valence-corrected chi connectivity index (χ3v) is 4.18. The smallest absolute Gasteiger partial charge is 0.123 e. The number of thiazole rings is 1. The Kier molecular flexibility index (Phi) is 5.15. The summed E-state index contributed by atoms with van der Waals surface area (Å²) in [4.78, 5) is 5.92. The van der Waals surface area contributed by atoms with E-state index in [1.807, 2.05) is 12.1 Å². The topological polar surface area (TPSA) is 48.1 Å². The van der Waals surface area contributed by atoms with Crippen LogP contribution in [0.5, 0.6) is 5.75 Å². The van der Waals surface area contributed by atoms with Gasteiger partial charge < -0.3 is 10.5 Å². The molecule has 0 saturated heterocycles. The Hall–Kier alpha value is -1.39. The van der Waals surface area contributed by atoms with E-state index < -0.39 is 0 Å². The average molecular weight is 290 g/mol. The van der Waals surface area contributed by atoms with Gasteiger partial charge in [0, 0.05) is 17.0 Å². The maximum Gasteiger partial charge on any atom is 0.123 e. The van der Waals surface area contributed by atoms with Crippen molar-refractivity contribution in [1.82, 2.24) is 4.98 Å². The first-order valence-corrected chi connectivity index (χ1v) is 7.90. The fourth-order valence-corrected chi connectivity index (χ4v) is 3.10. The average Bonchev–Trinajstić information content (AvgIpc) is 2.90. The zero-order chi connectivity index (χ0) is 14.5. The van der Waals surface area contributed by atoms with Gasteiger partial charge in [-0.2, -0.15) is 0 Å². The molecular weight excluding hydrogens is 268 g/mol. The van der Waals surface area contributed by atoms with Crippen molar-refractivity contribution < 1.29 is 4.74 Å². The van der Waals surface area contributed by atoms with Crippen LogP contribution in [0.1, 0.15) is 43.7 Å². The largest absolute Gasteiger partial charge is 0.494 e. The highest BCUT2D eigenvalue weighted by atomic mass is 32.1. The number of nitrogens with two attached hydrogens (primary N) is 1. The minimum absolute atomic E-state index is 0.408. The molecule has 0 aliphatic rings. The summed E-state index contributed by atoms with van der Waals surface area (Å²) in [5.74, 6) is 1.32. The van der Waals surface area contributed by atoms with Crippen LogP contribution in [0, 0.1) is 0 Å². The van der Waals surface area contributed by atoms with Gasteiger partial charge in [-0.25, -0.2) is 4.98 Å². The van der Waals surface area contributed by atoms with Gasteiger partial charge in [0.1, 0.15) is 10.8 Å². The standard InChI is InChI=1S/C16H22N2OS/c1-4-9-19-13-7-5-12(6-8-13)16-18-15(11(2)3)14(10-17)20-16/h5-8,11H,4,9-10,17H2,1-3H3. The summed E-state index contributed by atoms with van der Waals surface area (Å²) in [7, 11) is 0. The van der Waals surface area contributed by atoms with Crippen molar-refractivity contribution in [2.45, 2.75) is 39.7 Å². The Morgan fingerprint density at radius 3 is 2.45 bits per heavy atom. The molecule has 2 N–H and O–H groups in total. The summed E-state index contributed by atoms with van der Waals surface area (Å²) in [6, 6.07) is 8.13. The number of aromatic nitrogens is 1. The highest BCUT2D eigenvalue weighted by Gasteiger charge is 2.14. The molecule has 0 aliphatic heterocycles. The van der Waals surface area contributed by atoms with E-state index >= 15 is 0 Å². The number of nitrogens with zero attached hydrogens (tertiary/aromatic N) is 1. The number of rotatable bonds is 6. The number of hydrogen-bond donors (Lipinski definition) is 1. The van der Waals surface area contributed by atoms with Crippen molar-refractivity contribution in [2.75, 3.05) is 6.61 Å². The van der Waals surface area contributed by atoms with Gasteiger partial charge in [0.15, 0.2) is 0 Å². The zero-order valence-electron chi connectivity index (χ0n) is 12.3. The van der Waals surface area contributed by atoms with Crippen molar-refractivity contribution in [2.24, 2.45) is 5.73 Å². The van der Waals surface area contributed by atoms with Gasteiger partial charge in [0.2, 0.25) is 0 Å². The van der Waals surface area contributed by atoms with E-state index in [4.69, 9.17) is 15.5 Å². The summed E-state index contributed by atoms with van der Waals surface area (Å²) >= 11 is 1.69. The number of ether oxygens (including phenoxy) is 1. The lowest BCUT2D eigenvalue weighted by Crippen LogP contribution is -1.99. The third kappa shape index (κ3) is 3.38. The summed E-state index contributed by atoms with van der Waals surface area (Å²) in [5.41, 5.74) is 8.06. The molecule has 2 rings (SSSR count). The highest BCUT2D eigenvalue weighted by molar-refractivity contribution is 7.15. The molecule has 1 heterocycles. The summed E-state index contributed by atoms with van der Waals surface area (Å²) in [6.07, 6.45) is 1.02. The van der Waals surface area contributed by atoms with E-state index in [2.05, 4.69) is 32.9 Å². The molecule has 0 atom stereocenters. The van der Waals surface area contributed by atoms with Gasteiger partial charge in [-0.05, 0) is 36.6 Å². The second-order valence-electron chi connectivity index (χ2n) is 5.06. The first-order valence-electron chi connectivity index (χ1n) is 7.08. The molecule has 0 spiro atoms. The maximum absolute atomic E-state index is 5.81. The van der Waals surface area contributed by atoms with Crippen LogP contribution >= 0.6 is 11.3 Å². The van der Waals surface area contributed by atoms with Crippen molar-refractivity contribution in [1.29, 1.82) is 0 Å². The highest BCUT2D eigenvalue weighted by Crippen LogP contribution is 2.32. The second-order valence-corrected chi connectivity index (χ2v) is 6.14. The van der Waals surface area contributed by atoms with E-state index in [9.17, 15) is 0 Å². The van der Waals surface area contributed by atoms with Crippen LogP contribution in [0.4, 0.5) is 0 Å². The first-order chi connectivity index (χ1) is 9.65.